The average Bonchev–Trinajstić information content (AvgIpc) is 3.08. The third kappa shape index (κ3) is 3.94. The fourth-order valence-electron chi connectivity index (χ4n) is 3.02. The number of carbonyl (C=O) groups is 1. The summed E-state index contributed by atoms with van der Waals surface area (Å²) in [6, 6.07) is 19.3. The first-order valence-corrected chi connectivity index (χ1v) is 9.14. The normalized spacial score (nSPS) is 11.2. The highest BCUT2D eigenvalue weighted by atomic mass is 35.5. The molecule has 6 heteroatoms. The van der Waals surface area contributed by atoms with Gasteiger partial charge < -0.3 is 4.57 Å². The number of nitrogens with one attached hydrogen (secondary N) is 1. The molecule has 0 radical (unpaired) electrons. The first kappa shape index (κ1) is 17.9. The maximum Gasteiger partial charge on any atom is 0.272 e. The molecule has 0 spiro atoms. The van der Waals surface area contributed by atoms with E-state index in [2.05, 4.69) is 26.1 Å². The highest BCUT2D eigenvalue weighted by molar-refractivity contribution is 6.30. The Balaban J connectivity index is 1.57. The lowest BCUT2D eigenvalue weighted by Gasteiger charge is -2.05. The molecule has 4 aromatic rings. The molecular formula is C22H17ClN4O. The van der Waals surface area contributed by atoms with Crippen LogP contribution in [0.1, 0.15) is 21.5 Å². The predicted octanol–water partition coefficient (Wildman–Crippen LogP) is 4.50. The number of halogens is 1. The molecule has 0 atom stereocenters. The SMILES string of the molecule is O=C(N/N=C\c1cn(Cc2ccc(Cl)cc2)c2ccccc12)c1cccnc1. The molecular weight excluding hydrogens is 372 g/mol. The van der Waals surface area contributed by atoms with Crippen LogP contribution in [0, 0.1) is 0 Å². The minimum absolute atomic E-state index is 0.297. The van der Waals surface area contributed by atoms with Gasteiger partial charge in [-0.25, -0.2) is 5.43 Å². The van der Waals surface area contributed by atoms with Gasteiger partial charge in [0.15, 0.2) is 0 Å². The summed E-state index contributed by atoms with van der Waals surface area (Å²) in [6.45, 7) is 0.716. The molecule has 0 aliphatic rings. The van der Waals surface area contributed by atoms with Crippen molar-refractivity contribution in [2.75, 3.05) is 0 Å². The molecule has 0 aliphatic carbocycles. The minimum Gasteiger partial charge on any atom is -0.342 e. The van der Waals surface area contributed by atoms with Crippen LogP contribution in [-0.4, -0.2) is 21.7 Å². The average molecular weight is 389 g/mol. The summed E-state index contributed by atoms with van der Waals surface area (Å²) >= 11 is 5.98. The summed E-state index contributed by atoms with van der Waals surface area (Å²) in [6.07, 6.45) is 6.81. The topological polar surface area (TPSA) is 59.3 Å². The molecule has 0 saturated heterocycles. The summed E-state index contributed by atoms with van der Waals surface area (Å²) in [5.41, 5.74) is 6.18. The molecule has 0 fully saturated rings. The summed E-state index contributed by atoms with van der Waals surface area (Å²) in [7, 11) is 0. The van der Waals surface area contributed by atoms with E-state index in [1.807, 2.05) is 48.7 Å². The molecule has 1 N–H and O–H groups in total. The summed E-state index contributed by atoms with van der Waals surface area (Å²) in [4.78, 5) is 16.0. The number of fused-ring (bicyclic) bond motifs is 1. The van der Waals surface area contributed by atoms with Crippen LogP contribution in [0.4, 0.5) is 0 Å². The van der Waals surface area contributed by atoms with Crippen molar-refractivity contribution in [3.63, 3.8) is 0 Å². The van der Waals surface area contributed by atoms with E-state index in [-0.39, 0.29) is 5.91 Å². The second kappa shape index (κ2) is 8.06. The van der Waals surface area contributed by atoms with Crippen molar-refractivity contribution in [1.82, 2.24) is 15.0 Å². The van der Waals surface area contributed by atoms with Crippen molar-refractivity contribution < 1.29 is 4.79 Å². The van der Waals surface area contributed by atoms with Crippen molar-refractivity contribution in [3.8, 4) is 0 Å². The smallest absolute Gasteiger partial charge is 0.272 e. The molecule has 4 rings (SSSR count). The van der Waals surface area contributed by atoms with Gasteiger partial charge in [-0.1, -0.05) is 41.9 Å². The van der Waals surface area contributed by atoms with Gasteiger partial charge in [0.1, 0.15) is 0 Å². The van der Waals surface area contributed by atoms with Gasteiger partial charge in [0.25, 0.3) is 5.91 Å². The highest BCUT2D eigenvalue weighted by Crippen LogP contribution is 2.21. The molecule has 1 amide bonds. The number of rotatable bonds is 5. The Morgan fingerprint density at radius 2 is 1.93 bits per heavy atom. The van der Waals surface area contributed by atoms with Gasteiger partial charge >= 0.3 is 0 Å². The van der Waals surface area contributed by atoms with Crippen molar-refractivity contribution in [3.05, 3.63) is 101 Å². The molecule has 0 unspecified atom stereocenters. The molecule has 138 valence electrons. The van der Waals surface area contributed by atoms with E-state index in [1.54, 1.807) is 24.5 Å². The Hall–Kier alpha value is -3.44. The van der Waals surface area contributed by atoms with Gasteiger partial charge in [-0.3, -0.25) is 9.78 Å². The Bertz CT molecular complexity index is 1130. The fraction of sp³-hybridized carbons (Fsp3) is 0.0455. The van der Waals surface area contributed by atoms with Gasteiger partial charge in [0.2, 0.25) is 0 Å². The lowest BCUT2D eigenvalue weighted by molar-refractivity contribution is 0.0955. The van der Waals surface area contributed by atoms with E-state index in [0.29, 0.717) is 12.1 Å². The van der Waals surface area contributed by atoms with Gasteiger partial charge in [0.05, 0.1) is 11.8 Å². The number of nitrogens with zero attached hydrogens (tertiary/aromatic N) is 3. The molecule has 0 bridgehead atoms. The fourth-order valence-corrected chi connectivity index (χ4v) is 3.14. The molecule has 2 aromatic heterocycles. The van der Waals surface area contributed by atoms with Crippen molar-refractivity contribution >= 4 is 34.6 Å². The standard InChI is InChI=1S/C22H17ClN4O/c23-19-9-7-16(8-10-19)14-27-15-18(20-5-1-2-6-21(20)27)13-25-26-22(28)17-4-3-11-24-12-17/h1-13,15H,14H2,(H,26,28)/b25-13-. The zero-order valence-corrected chi connectivity index (χ0v) is 15.7. The van der Waals surface area contributed by atoms with Gasteiger partial charge in [-0.2, -0.15) is 5.10 Å². The second-order valence-electron chi connectivity index (χ2n) is 6.30. The molecule has 2 heterocycles. The third-order valence-electron chi connectivity index (χ3n) is 4.38. The number of hydrogen-bond acceptors (Lipinski definition) is 3. The van der Waals surface area contributed by atoms with Crippen molar-refractivity contribution in [2.24, 2.45) is 5.10 Å². The predicted molar refractivity (Wildman–Crippen MR) is 112 cm³/mol. The number of hydrazone groups is 1. The minimum atomic E-state index is -0.297. The van der Waals surface area contributed by atoms with Crippen LogP contribution in [0.15, 0.2) is 84.4 Å². The largest absolute Gasteiger partial charge is 0.342 e. The first-order valence-electron chi connectivity index (χ1n) is 8.76. The van der Waals surface area contributed by atoms with E-state index in [9.17, 15) is 4.79 Å². The monoisotopic (exact) mass is 388 g/mol. The Kier molecular flexibility index (Phi) is 5.17. The molecule has 0 saturated carbocycles. The lowest BCUT2D eigenvalue weighted by Crippen LogP contribution is -2.17. The molecule has 5 nitrogen and oxygen atoms in total. The number of amides is 1. The van der Waals surface area contributed by atoms with E-state index < -0.39 is 0 Å². The van der Waals surface area contributed by atoms with Gasteiger partial charge in [-0.15, -0.1) is 0 Å². The molecule has 28 heavy (non-hydrogen) atoms. The Morgan fingerprint density at radius 1 is 1.11 bits per heavy atom. The zero-order valence-electron chi connectivity index (χ0n) is 14.9. The molecule has 2 aromatic carbocycles. The van der Waals surface area contributed by atoms with E-state index in [0.717, 1.165) is 27.1 Å². The highest BCUT2D eigenvalue weighted by Gasteiger charge is 2.08. The maximum absolute atomic E-state index is 12.1. The lowest BCUT2D eigenvalue weighted by atomic mass is 10.2. The third-order valence-corrected chi connectivity index (χ3v) is 4.63. The van der Waals surface area contributed by atoms with Crippen LogP contribution >= 0.6 is 11.6 Å². The van der Waals surface area contributed by atoms with Crippen LogP contribution in [-0.2, 0) is 6.54 Å². The zero-order chi connectivity index (χ0) is 19.3. The number of hydrogen-bond donors (Lipinski definition) is 1. The Labute approximate surface area is 167 Å². The van der Waals surface area contributed by atoms with E-state index in [4.69, 9.17) is 11.6 Å². The van der Waals surface area contributed by atoms with Crippen LogP contribution in [0.5, 0.6) is 0 Å². The van der Waals surface area contributed by atoms with E-state index in [1.165, 1.54) is 6.20 Å². The summed E-state index contributed by atoms with van der Waals surface area (Å²) < 4.78 is 2.16. The van der Waals surface area contributed by atoms with Crippen molar-refractivity contribution in [1.29, 1.82) is 0 Å². The summed E-state index contributed by atoms with van der Waals surface area (Å²) in [5, 5.41) is 5.90. The number of carbonyl (C=O) groups excluding carboxylic acids is 1. The van der Waals surface area contributed by atoms with Gasteiger partial charge in [0, 0.05) is 46.6 Å². The quantitative estimate of drug-likeness (QED) is 0.404. The number of pyridine rings is 1. The van der Waals surface area contributed by atoms with Gasteiger partial charge in [-0.05, 0) is 35.9 Å². The number of para-hydroxylation sites is 1. The second-order valence-corrected chi connectivity index (χ2v) is 6.73. The maximum atomic E-state index is 12.1. The van der Waals surface area contributed by atoms with Crippen LogP contribution < -0.4 is 5.43 Å². The van der Waals surface area contributed by atoms with E-state index >= 15 is 0 Å². The number of benzene rings is 2. The van der Waals surface area contributed by atoms with Crippen LogP contribution in [0.2, 0.25) is 5.02 Å². The van der Waals surface area contributed by atoms with Crippen LogP contribution in [0.3, 0.4) is 0 Å². The first-order chi connectivity index (χ1) is 13.7. The number of aromatic nitrogens is 2. The molecule has 0 aliphatic heterocycles. The van der Waals surface area contributed by atoms with Crippen LogP contribution in [0.25, 0.3) is 10.9 Å². The van der Waals surface area contributed by atoms with Crippen molar-refractivity contribution in [2.45, 2.75) is 6.54 Å². The Morgan fingerprint density at radius 3 is 2.71 bits per heavy atom. The summed E-state index contributed by atoms with van der Waals surface area (Å²) in [5.74, 6) is -0.297.